The molecule has 1 amide bonds. The molecule has 1 fully saturated rings. The van der Waals surface area contributed by atoms with E-state index >= 15 is 0 Å². The van der Waals surface area contributed by atoms with Crippen molar-refractivity contribution in [1.29, 1.82) is 0 Å². The first kappa shape index (κ1) is 9.60. The highest BCUT2D eigenvalue weighted by molar-refractivity contribution is 5.91. The Labute approximate surface area is 181 Å². The second-order valence-electron chi connectivity index (χ2n) is 6.09. The maximum absolute atomic E-state index is 12.3. The van der Waals surface area contributed by atoms with Gasteiger partial charge in [-0.2, -0.15) is 4.98 Å². The Balaban J connectivity index is 1.99. The number of aromatic nitrogens is 2. The summed E-state index contributed by atoms with van der Waals surface area (Å²) in [4.78, 5) is 21.3. The first-order valence-electron chi connectivity index (χ1n) is 14.4. The number of nitrogen functional groups attached to an aromatic ring is 1. The minimum atomic E-state index is -3.02. The normalized spacial score (nSPS) is 23.6. The van der Waals surface area contributed by atoms with E-state index in [2.05, 4.69) is 9.97 Å². The van der Waals surface area contributed by atoms with Crippen molar-refractivity contribution >= 4 is 28.6 Å². The van der Waals surface area contributed by atoms with Crippen molar-refractivity contribution in [1.82, 2.24) is 15.3 Å². The molecule has 2 heterocycles. The molecule has 1 aromatic heterocycles. The topological polar surface area (TPSA) is 112 Å². The minimum absolute atomic E-state index is 0.00130. The summed E-state index contributed by atoms with van der Waals surface area (Å²) < 4.78 is 107. The van der Waals surface area contributed by atoms with Crippen LogP contribution in [0.15, 0.2) is 12.1 Å². The third-order valence-corrected chi connectivity index (χ3v) is 4.20. The van der Waals surface area contributed by atoms with Gasteiger partial charge in [0.25, 0.3) is 0 Å². The third kappa shape index (κ3) is 4.36. The monoisotopic (exact) mass is 401 g/mol. The fraction of sp³-hybridized carbons (Fsp3) is 0.526. The summed E-state index contributed by atoms with van der Waals surface area (Å²) >= 11 is 0. The Morgan fingerprint density at radius 2 is 2.32 bits per heavy atom. The van der Waals surface area contributed by atoms with E-state index in [9.17, 15) is 4.79 Å². The molecule has 3 rings (SSSR count). The molecule has 9 nitrogen and oxygen atoms in total. The Bertz CT molecular complexity index is 1200. The lowest BCUT2D eigenvalue weighted by Crippen LogP contribution is -2.36. The summed E-state index contributed by atoms with van der Waals surface area (Å²) in [5.74, 6) is -2.60. The highest BCUT2D eigenvalue weighted by atomic mass is 16.5. The molecule has 0 aliphatic carbocycles. The van der Waals surface area contributed by atoms with Gasteiger partial charge < -0.3 is 30.1 Å². The van der Waals surface area contributed by atoms with Crippen molar-refractivity contribution in [2.24, 2.45) is 0 Å². The third-order valence-electron chi connectivity index (χ3n) is 4.20. The van der Waals surface area contributed by atoms with Crippen LogP contribution in [0.4, 0.5) is 11.8 Å². The van der Waals surface area contributed by atoms with Crippen molar-refractivity contribution in [2.75, 3.05) is 51.4 Å². The second-order valence-corrected chi connectivity index (χ2v) is 6.09. The number of carbonyl (C=O) groups is 1. The summed E-state index contributed by atoms with van der Waals surface area (Å²) in [6.07, 6.45) is 0.478. The number of methoxy groups -OCH3 is 2. The van der Waals surface area contributed by atoms with E-state index < -0.39 is 56.3 Å². The average Bonchev–Trinajstić information content (AvgIpc) is 3.33. The lowest BCUT2D eigenvalue weighted by molar-refractivity contribution is -0.130. The van der Waals surface area contributed by atoms with Crippen LogP contribution in [0.1, 0.15) is 31.6 Å². The van der Waals surface area contributed by atoms with E-state index in [1.165, 1.54) is 0 Å². The van der Waals surface area contributed by atoms with Gasteiger partial charge in [0.1, 0.15) is 11.9 Å². The average molecular weight is 402 g/mol. The molecule has 3 N–H and O–H groups in total. The van der Waals surface area contributed by atoms with Gasteiger partial charge in [0.2, 0.25) is 11.9 Å². The predicted octanol–water partition coefficient (Wildman–Crippen LogP) is 1.35. The van der Waals surface area contributed by atoms with E-state index in [1.54, 1.807) is 0 Å². The van der Waals surface area contributed by atoms with Gasteiger partial charge in [-0.15, -0.1) is 0 Å². The van der Waals surface area contributed by atoms with Crippen LogP contribution in [0, 0.1) is 0 Å². The zero-order valence-electron chi connectivity index (χ0n) is 26.8. The standard InChI is InChI=1S/C19H27N5O4/c1-24(8-5-7-21-18(25)14-6-4-9-28-14)19-22-13-11-16(27-3)15(26-2)10-12(13)17(20)23-19/h10-11,14H,4-9H2,1-3H3,(H,21,25)(H2,20,22,23)/i1D3,2D3,3D3/hD3. The van der Waals surface area contributed by atoms with Gasteiger partial charge in [0.05, 0.1) is 27.8 Å². The van der Waals surface area contributed by atoms with E-state index in [4.69, 9.17) is 30.8 Å². The smallest absolute Gasteiger partial charge is 0.249 e. The number of fused-ring (bicyclic) bond motifs is 1. The van der Waals surface area contributed by atoms with Gasteiger partial charge in [-0.1, -0.05) is 0 Å². The molecule has 9 heteroatoms. The zero-order chi connectivity index (χ0) is 30.0. The van der Waals surface area contributed by atoms with Crippen LogP contribution in [0.25, 0.3) is 10.9 Å². The first-order valence-corrected chi connectivity index (χ1v) is 8.57. The number of nitrogens with two attached hydrogens (primary N) is 1. The molecule has 0 bridgehead atoms. The van der Waals surface area contributed by atoms with E-state index in [-0.39, 0.29) is 36.1 Å². The molecule has 2 aromatic rings. The predicted molar refractivity (Wildman–Crippen MR) is 107 cm³/mol. The largest absolute Gasteiger partial charge is 0.493 e. The maximum atomic E-state index is 12.3. The molecule has 1 aliphatic heterocycles. The number of benzene rings is 1. The van der Waals surface area contributed by atoms with Gasteiger partial charge >= 0.3 is 0 Å². The van der Waals surface area contributed by atoms with Gasteiger partial charge in [-0.05, 0) is 25.3 Å². The van der Waals surface area contributed by atoms with Crippen LogP contribution in [0.5, 0.6) is 11.5 Å². The first-order chi connectivity index (χ1) is 18.4. The molecule has 1 saturated heterocycles. The molecular weight excluding hydrogens is 362 g/mol. The lowest BCUT2D eigenvalue weighted by Gasteiger charge is -2.19. The van der Waals surface area contributed by atoms with E-state index in [1.807, 2.05) is 0 Å². The number of carbonyl (C=O) groups excluding carboxylic acids is 1. The maximum Gasteiger partial charge on any atom is 0.249 e. The molecule has 0 saturated carbocycles. The van der Waals surface area contributed by atoms with Crippen molar-refractivity contribution in [3.63, 3.8) is 0 Å². The van der Waals surface area contributed by atoms with E-state index in [0.717, 1.165) is 17.0 Å². The van der Waals surface area contributed by atoms with Crippen LogP contribution in [0.3, 0.4) is 0 Å². The van der Waals surface area contributed by atoms with Gasteiger partial charge in [-0.3, -0.25) is 4.79 Å². The second kappa shape index (κ2) is 8.92. The van der Waals surface area contributed by atoms with Crippen molar-refractivity contribution < 1.29 is 35.6 Å². The van der Waals surface area contributed by atoms with Gasteiger partial charge in [0, 0.05) is 42.2 Å². The summed E-state index contributed by atoms with van der Waals surface area (Å²) in [5, 5.41) is 0.566. The SMILES string of the molecule is [2H]N(CCCN(c1nc(N([2H])[2H])c2cc(OC([2H])([2H])[2H])c(OC([2H])([2H])[2H])cc2n1)C([2H])([2H])[2H])C(=O)C1CCCO1. The molecule has 28 heavy (non-hydrogen) atoms. The molecule has 0 radical (unpaired) electrons. The van der Waals surface area contributed by atoms with Gasteiger partial charge in [0.15, 0.2) is 15.7 Å². The number of hydrogen-bond acceptors (Lipinski definition) is 8. The van der Waals surface area contributed by atoms with Crippen LogP contribution in [0.2, 0.25) is 4.24 Å². The summed E-state index contributed by atoms with van der Waals surface area (Å²) in [6, 6.07) is 1.96. The molecule has 0 spiro atoms. The van der Waals surface area contributed by atoms with Crippen LogP contribution in [-0.2, 0) is 9.53 Å². The number of nitrogens with zero attached hydrogens (tertiary/aromatic N) is 3. The number of rotatable bonds is 9. The lowest BCUT2D eigenvalue weighted by atomic mass is 10.2. The Morgan fingerprint density at radius 1 is 1.46 bits per heavy atom. The summed E-state index contributed by atoms with van der Waals surface area (Å²) in [7, 11) is -6.04. The number of anilines is 2. The summed E-state index contributed by atoms with van der Waals surface area (Å²) in [5.41, 5.74) is -0.132. The van der Waals surface area contributed by atoms with Crippen LogP contribution < -0.4 is 25.4 Å². The molecule has 1 aromatic carbocycles. The van der Waals surface area contributed by atoms with Crippen molar-refractivity contribution in [3.05, 3.63) is 12.1 Å². The fourth-order valence-corrected chi connectivity index (χ4v) is 2.78. The Hall–Kier alpha value is -2.81. The fourth-order valence-electron chi connectivity index (χ4n) is 2.78. The minimum Gasteiger partial charge on any atom is -0.493 e. The highest BCUT2D eigenvalue weighted by Crippen LogP contribution is 2.33. The van der Waals surface area contributed by atoms with Crippen molar-refractivity contribution in [2.45, 2.75) is 25.4 Å². The molecule has 1 aliphatic rings. The van der Waals surface area contributed by atoms with Crippen LogP contribution in [-0.4, -0.2) is 62.7 Å². The molecular formula is C19H27N5O4. The Kier molecular flexibility index (Phi) is 3.06. The van der Waals surface area contributed by atoms with Crippen molar-refractivity contribution in [3.8, 4) is 11.5 Å². The molecule has 152 valence electrons. The zero-order valence-corrected chi connectivity index (χ0v) is 14.8. The molecule has 1 atom stereocenters. The highest BCUT2D eigenvalue weighted by Gasteiger charge is 2.22. The summed E-state index contributed by atoms with van der Waals surface area (Å²) in [6.45, 7) is -2.83. The van der Waals surface area contributed by atoms with Crippen LogP contribution >= 0.6 is 0 Å². The Morgan fingerprint density at radius 3 is 3.04 bits per heavy atom. The molecule has 1 unspecified atom stereocenters. The van der Waals surface area contributed by atoms with Gasteiger partial charge in [-0.25, -0.2) is 4.98 Å². The number of hydrogen-bond donors (Lipinski definition) is 2. The number of amides is 1. The number of nitrogens with one attached hydrogen (secondary N) is 1. The quantitative estimate of drug-likeness (QED) is 0.648. The number of ether oxygens (including phenoxy) is 3. The van der Waals surface area contributed by atoms with E-state index in [0.29, 0.717) is 24.8 Å².